The lowest BCUT2D eigenvalue weighted by molar-refractivity contribution is -0.141. The Labute approximate surface area is 158 Å². The number of rotatable bonds is 7. The number of hydrogen-bond donors (Lipinski definition) is 1. The highest BCUT2D eigenvalue weighted by Crippen LogP contribution is 2.26. The normalized spacial score (nSPS) is 11.8. The molecule has 0 radical (unpaired) electrons. The summed E-state index contributed by atoms with van der Waals surface area (Å²) in [6.07, 6.45) is 0.130. The van der Waals surface area contributed by atoms with Crippen LogP contribution >= 0.6 is 39.0 Å². The first-order chi connectivity index (χ1) is 11.5. The molecule has 1 N–H and O–H groups in total. The Kier molecular flexibility index (Phi) is 7.33. The van der Waals surface area contributed by atoms with Crippen molar-refractivity contribution in [2.45, 2.75) is 24.3 Å². The van der Waals surface area contributed by atoms with E-state index < -0.39 is 0 Å². The second kappa shape index (κ2) is 9.25. The van der Waals surface area contributed by atoms with Crippen molar-refractivity contribution in [1.29, 1.82) is 0 Å². The molecule has 0 aliphatic heterocycles. The van der Waals surface area contributed by atoms with Crippen molar-refractivity contribution < 1.29 is 14.3 Å². The standard InChI is InChI=1S/C17H18BrNO3S2/c1-11-8-12(18)5-6-14(11)24-10-16(20)19-13(9-17(21)22-2)15-4-3-7-23-15/h3-8,13H,9-10H2,1-2H3,(H,19,20)/t13-/m0/s1. The zero-order valence-corrected chi connectivity index (χ0v) is 16.6. The summed E-state index contributed by atoms with van der Waals surface area (Å²) in [6, 6.07) is 9.42. The maximum atomic E-state index is 12.3. The van der Waals surface area contributed by atoms with Gasteiger partial charge in [-0.3, -0.25) is 9.59 Å². The molecule has 7 heteroatoms. The molecule has 2 aromatic rings. The van der Waals surface area contributed by atoms with E-state index in [4.69, 9.17) is 4.74 Å². The van der Waals surface area contributed by atoms with Crippen molar-refractivity contribution in [2.24, 2.45) is 0 Å². The number of methoxy groups -OCH3 is 1. The number of esters is 1. The molecule has 1 heterocycles. The minimum Gasteiger partial charge on any atom is -0.469 e. The number of thiophene rings is 1. The van der Waals surface area contributed by atoms with Crippen LogP contribution < -0.4 is 5.32 Å². The molecule has 0 bridgehead atoms. The minimum absolute atomic E-state index is 0.107. The van der Waals surface area contributed by atoms with Gasteiger partial charge in [0.2, 0.25) is 5.91 Å². The Morgan fingerprint density at radius 2 is 2.17 bits per heavy atom. The molecule has 1 aromatic carbocycles. The van der Waals surface area contributed by atoms with E-state index in [1.54, 1.807) is 0 Å². The predicted molar refractivity (Wildman–Crippen MR) is 101 cm³/mol. The van der Waals surface area contributed by atoms with E-state index in [2.05, 4.69) is 21.2 Å². The maximum absolute atomic E-state index is 12.3. The quantitative estimate of drug-likeness (QED) is 0.527. The molecular formula is C17H18BrNO3S2. The lowest BCUT2D eigenvalue weighted by atomic mass is 10.1. The van der Waals surface area contributed by atoms with E-state index in [1.165, 1.54) is 30.2 Å². The number of carbonyl (C=O) groups is 2. The van der Waals surface area contributed by atoms with Crippen molar-refractivity contribution in [2.75, 3.05) is 12.9 Å². The van der Waals surface area contributed by atoms with Crippen LogP contribution in [0.5, 0.6) is 0 Å². The number of benzene rings is 1. The van der Waals surface area contributed by atoms with Gasteiger partial charge in [0.25, 0.3) is 0 Å². The molecule has 1 atom stereocenters. The maximum Gasteiger partial charge on any atom is 0.307 e. The number of aryl methyl sites for hydroxylation is 1. The first kappa shape index (κ1) is 19.0. The Balaban J connectivity index is 1.96. The SMILES string of the molecule is COC(=O)C[C@H](NC(=O)CSc1ccc(Br)cc1C)c1cccs1. The van der Waals surface area contributed by atoms with Gasteiger partial charge in [-0.15, -0.1) is 23.1 Å². The number of thioether (sulfide) groups is 1. The van der Waals surface area contributed by atoms with Crippen LogP contribution in [0.1, 0.15) is 22.9 Å². The molecule has 2 rings (SSSR count). The fraction of sp³-hybridized carbons (Fsp3) is 0.294. The Morgan fingerprint density at radius 3 is 2.79 bits per heavy atom. The number of ether oxygens (including phenoxy) is 1. The highest BCUT2D eigenvalue weighted by atomic mass is 79.9. The van der Waals surface area contributed by atoms with E-state index in [1.807, 2.05) is 42.6 Å². The highest BCUT2D eigenvalue weighted by Gasteiger charge is 2.20. The Morgan fingerprint density at radius 1 is 1.38 bits per heavy atom. The molecule has 0 saturated heterocycles. The van der Waals surface area contributed by atoms with Crippen molar-refractivity contribution in [3.8, 4) is 0 Å². The number of nitrogens with one attached hydrogen (secondary N) is 1. The summed E-state index contributed by atoms with van der Waals surface area (Å²) in [7, 11) is 1.35. The third kappa shape index (κ3) is 5.65. The minimum atomic E-state index is -0.350. The molecule has 1 amide bonds. The van der Waals surface area contributed by atoms with Gasteiger partial charge in [-0.25, -0.2) is 0 Å². The van der Waals surface area contributed by atoms with Crippen LogP contribution in [0.15, 0.2) is 45.1 Å². The Bertz CT molecular complexity index is 704. The summed E-state index contributed by atoms with van der Waals surface area (Å²) in [5, 5.41) is 4.85. The van der Waals surface area contributed by atoms with E-state index in [9.17, 15) is 9.59 Å². The summed E-state index contributed by atoms with van der Waals surface area (Å²) < 4.78 is 5.74. The second-order valence-corrected chi connectivity index (χ2v) is 8.03. The van der Waals surface area contributed by atoms with Gasteiger partial charge in [0, 0.05) is 14.2 Å². The van der Waals surface area contributed by atoms with Gasteiger partial charge < -0.3 is 10.1 Å². The lowest BCUT2D eigenvalue weighted by Gasteiger charge is -2.16. The lowest BCUT2D eigenvalue weighted by Crippen LogP contribution is -2.31. The molecule has 0 fully saturated rings. The third-order valence-electron chi connectivity index (χ3n) is 3.32. The molecule has 0 saturated carbocycles. The Hall–Kier alpha value is -1.31. The van der Waals surface area contributed by atoms with Crippen molar-refractivity contribution in [3.63, 3.8) is 0 Å². The molecule has 0 aliphatic rings. The summed E-state index contributed by atoms with van der Waals surface area (Å²) in [5.41, 5.74) is 1.12. The first-order valence-electron chi connectivity index (χ1n) is 7.28. The summed E-state index contributed by atoms with van der Waals surface area (Å²) >= 11 is 6.42. The van der Waals surface area contributed by atoms with E-state index in [-0.39, 0.29) is 24.3 Å². The molecule has 0 unspecified atom stereocenters. The molecular weight excluding hydrogens is 410 g/mol. The number of halogens is 1. The fourth-order valence-corrected chi connectivity index (χ4v) is 4.19. The average Bonchev–Trinajstić information content (AvgIpc) is 3.07. The molecule has 0 aliphatic carbocycles. The largest absolute Gasteiger partial charge is 0.469 e. The van der Waals surface area contributed by atoms with Gasteiger partial charge in [0.15, 0.2) is 0 Å². The van der Waals surface area contributed by atoms with Gasteiger partial charge in [-0.1, -0.05) is 22.0 Å². The van der Waals surface area contributed by atoms with E-state index >= 15 is 0 Å². The van der Waals surface area contributed by atoms with Crippen LogP contribution in [-0.2, 0) is 14.3 Å². The molecule has 128 valence electrons. The summed E-state index contributed by atoms with van der Waals surface area (Å²) in [4.78, 5) is 25.9. The summed E-state index contributed by atoms with van der Waals surface area (Å²) in [6.45, 7) is 2.01. The zero-order valence-electron chi connectivity index (χ0n) is 13.4. The van der Waals surface area contributed by atoms with Gasteiger partial charge in [0.05, 0.1) is 25.3 Å². The topological polar surface area (TPSA) is 55.4 Å². The van der Waals surface area contributed by atoms with E-state index in [0.717, 1.165) is 19.8 Å². The van der Waals surface area contributed by atoms with Crippen LogP contribution in [0.2, 0.25) is 0 Å². The predicted octanol–water partition coefficient (Wildman–Crippen LogP) is 4.33. The van der Waals surface area contributed by atoms with Crippen molar-refractivity contribution in [3.05, 3.63) is 50.6 Å². The van der Waals surface area contributed by atoms with Crippen LogP contribution in [0.25, 0.3) is 0 Å². The van der Waals surface area contributed by atoms with Gasteiger partial charge in [0.1, 0.15) is 0 Å². The first-order valence-corrected chi connectivity index (χ1v) is 9.94. The smallest absolute Gasteiger partial charge is 0.307 e. The third-order valence-corrected chi connectivity index (χ3v) is 5.97. The van der Waals surface area contributed by atoms with Crippen LogP contribution in [0.4, 0.5) is 0 Å². The molecule has 4 nitrogen and oxygen atoms in total. The monoisotopic (exact) mass is 427 g/mol. The second-order valence-electron chi connectivity index (χ2n) is 5.11. The zero-order chi connectivity index (χ0) is 17.5. The molecule has 1 aromatic heterocycles. The fourth-order valence-electron chi connectivity index (χ4n) is 2.12. The number of hydrogen-bond acceptors (Lipinski definition) is 5. The van der Waals surface area contributed by atoms with Crippen LogP contribution in [-0.4, -0.2) is 24.7 Å². The van der Waals surface area contributed by atoms with Gasteiger partial charge >= 0.3 is 5.97 Å². The van der Waals surface area contributed by atoms with Gasteiger partial charge in [-0.2, -0.15) is 0 Å². The number of amides is 1. The molecule has 24 heavy (non-hydrogen) atoms. The van der Waals surface area contributed by atoms with E-state index in [0.29, 0.717) is 5.75 Å². The van der Waals surface area contributed by atoms with Gasteiger partial charge in [-0.05, 0) is 42.1 Å². The highest BCUT2D eigenvalue weighted by molar-refractivity contribution is 9.10. The average molecular weight is 428 g/mol. The summed E-state index contributed by atoms with van der Waals surface area (Å²) in [5.74, 6) is -0.152. The van der Waals surface area contributed by atoms with Crippen LogP contribution in [0, 0.1) is 6.92 Å². The van der Waals surface area contributed by atoms with Crippen molar-refractivity contribution in [1.82, 2.24) is 5.32 Å². The van der Waals surface area contributed by atoms with Crippen LogP contribution in [0.3, 0.4) is 0 Å². The molecule has 0 spiro atoms. The number of carbonyl (C=O) groups excluding carboxylic acids is 2. The van der Waals surface area contributed by atoms with Crippen molar-refractivity contribution >= 4 is 50.9 Å².